The van der Waals surface area contributed by atoms with Crippen molar-refractivity contribution >= 4 is 11.6 Å². The molecule has 1 saturated heterocycles. The third-order valence-electron chi connectivity index (χ3n) is 3.11. The number of hydrogen-bond acceptors (Lipinski definition) is 3. The summed E-state index contributed by atoms with van der Waals surface area (Å²) in [5.74, 6) is 0.160. The molecular weight excluding hydrogens is 238 g/mol. The molecule has 0 aromatic carbocycles. The molecule has 0 radical (unpaired) electrons. The highest BCUT2D eigenvalue weighted by molar-refractivity contribution is 5.97. The number of anilines is 1. The third-order valence-corrected chi connectivity index (χ3v) is 3.11. The molecule has 0 saturated carbocycles. The number of carbonyl (C=O) groups is 1. The predicted molar refractivity (Wildman–Crippen MR) is 79.3 cm³/mol. The van der Waals surface area contributed by atoms with Gasteiger partial charge in [0.25, 0.3) is 0 Å². The molecule has 1 aromatic rings. The molecule has 0 spiro atoms. The first-order valence-electron chi connectivity index (χ1n) is 6.96. The fourth-order valence-corrected chi connectivity index (χ4v) is 2.00. The predicted octanol–water partition coefficient (Wildman–Crippen LogP) is 2.38. The van der Waals surface area contributed by atoms with Gasteiger partial charge in [0.05, 0.1) is 17.3 Å². The standard InChI is InChI=1S/C13H19N3O.C2H6/c1-10-4-5-11(8-15-10)16-7-6-14-9-13(2,3)12(16)17;1-2/h4-5,8,14H,6-7,9H2,1-3H3;1-2H3. The zero-order valence-corrected chi connectivity index (χ0v) is 12.7. The van der Waals surface area contributed by atoms with E-state index in [1.165, 1.54) is 0 Å². The van der Waals surface area contributed by atoms with Gasteiger partial charge in [-0.25, -0.2) is 0 Å². The van der Waals surface area contributed by atoms with Crippen molar-refractivity contribution in [2.45, 2.75) is 34.6 Å². The average molecular weight is 263 g/mol. The lowest BCUT2D eigenvalue weighted by Crippen LogP contribution is -2.41. The molecule has 1 aliphatic rings. The normalized spacial score (nSPS) is 18.4. The third kappa shape index (κ3) is 3.77. The van der Waals surface area contributed by atoms with E-state index in [2.05, 4.69) is 10.3 Å². The van der Waals surface area contributed by atoms with E-state index in [0.29, 0.717) is 6.54 Å². The van der Waals surface area contributed by atoms with Gasteiger partial charge in [-0.15, -0.1) is 0 Å². The first kappa shape index (κ1) is 15.6. The van der Waals surface area contributed by atoms with Crippen LogP contribution in [0.4, 0.5) is 5.69 Å². The van der Waals surface area contributed by atoms with Crippen molar-refractivity contribution in [3.63, 3.8) is 0 Å². The first-order chi connectivity index (χ1) is 9.00. The molecule has 2 rings (SSSR count). The SMILES string of the molecule is CC.Cc1ccc(N2CCNCC(C)(C)C2=O)cn1. The number of hydrogen-bond donors (Lipinski definition) is 1. The molecule has 1 N–H and O–H groups in total. The zero-order chi connectivity index (χ0) is 14.5. The number of pyridine rings is 1. The van der Waals surface area contributed by atoms with Crippen LogP contribution in [-0.2, 0) is 4.79 Å². The van der Waals surface area contributed by atoms with Crippen LogP contribution in [0.15, 0.2) is 18.3 Å². The molecule has 1 fully saturated rings. The van der Waals surface area contributed by atoms with Crippen LogP contribution in [0.3, 0.4) is 0 Å². The number of amides is 1. The van der Waals surface area contributed by atoms with Crippen molar-refractivity contribution in [2.75, 3.05) is 24.5 Å². The van der Waals surface area contributed by atoms with Crippen LogP contribution in [0.2, 0.25) is 0 Å². The van der Waals surface area contributed by atoms with E-state index in [9.17, 15) is 4.79 Å². The maximum Gasteiger partial charge on any atom is 0.234 e. The van der Waals surface area contributed by atoms with Gasteiger partial charge < -0.3 is 10.2 Å². The van der Waals surface area contributed by atoms with Crippen LogP contribution < -0.4 is 10.2 Å². The van der Waals surface area contributed by atoms with Gasteiger partial charge in [-0.2, -0.15) is 0 Å². The Kier molecular flexibility index (Phi) is 5.48. The average Bonchev–Trinajstić information content (AvgIpc) is 2.54. The summed E-state index contributed by atoms with van der Waals surface area (Å²) in [7, 11) is 0. The maximum atomic E-state index is 12.4. The van der Waals surface area contributed by atoms with Gasteiger partial charge in [0, 0.05) is 25.3 Å². The molecule has 4 heteroatoms. The molecule has 2 heterocycles. The van der Waals surface area contributed by atoms with Crippen molar-refractivity contribution in [2.24, 2.45) is 5.41 Å². The number of aryl methyl sites for hydroxylation is 1. The number of aromatic nitrogens is 1. The second-order valence-electron chi connectivity index (χ2n) is 5.18. The fourth-order valence-electron chi connectivity index (χ4n) is 2.00. The quantitative estimate of drug-likeness (QED) is 0.846. The van der Waals surface area contributed by atoms with Crippen LogP contribution in [-0.4, -0.2) is 30.5 Å². The molecule has 1 aliphatic heterocycles. The maximum absolute atomic E-state index is 12.4. The van der Waals surface area contributed by atoms with Crippen LogP contribution in [0, 0.1) is 12.3 Å². The smallest absolute Gasteiger partial charge is 0.234 e. The molecule has 0 aliphatic carbocycles. The molecule has 4 nitrogen and oxygen atoms in total. The minimum Gasteiger partial charge on any atom is -0.314 e. The number of nitrogens with zero attached hydrogens (tertiary/aromatic N) is 2. The van der Waals surface area contributed by atoms with Crippen LogP contribution in [0.25, 0.3) is 0 Å². The summed E-state index contributed by atoms with van der Waals surface area (Å²) in [5, 5.41) is 3.30. The van der Waals surface area contributed by atoms with Crippen LogP contribution >= 0.6 is 0 Å². The van der Waals surface area contributed by atoms with Gasteiger partial charge in [-0.3, -0.25) is 9.78 Å². The number of nitrogens with one attached hydrogen (secondary N) is 1. The molecule has 0 unspecified atom stereocenters. The Hall–Kier alpha value is -1.42. The second-order valence-corrected chi connectivity index (χ2v) is 5.18. The Balaban J connectivity index is 0.000000861. The van der Waals surface area contributed by atoms with Crippen LogP contribution in [0.5, 0.6) is 0 Å². The van der Waals surface area contributed by atoms with Crippen molar-refractivity contribution in [3.8, 4) is 0 Å². The molecule has 1 amide bonds. The van der Waals surface area contributed by atoms with Crippen molar-refractivity contribution in [1.29, 1.82) is 0 Å². The minimum atomic E-state index is -0.360. The monoisotopic (exact) mass is 263 g/mol. The summed E-state index contributed by atoms with van der Waals surface area (Å²) in [6, 6.07) is 3.90. The Labute approximate surface area is 116 Å². The molecule has 0 bridgehead atoms. The molecule has 19 heavy (non-hydrogen) atoms. The molecular formula is C15H25N3O. The molecule has 0 atom stereocenters. The van der Waals surface area contributed by atoms with E-state index in [-0.39, 0.29) is 11.3 Å². The van der Waals surface area contributed by atoms with Gasteiger partial charge in [0.15, 0.2) is 0 Å². The Bertz CT molecular complexity index is 412. The lowest BCUT2D eigenvalue weighted by atomic mass is 9.92. The van der Waals surface area contributed by atoms with E-state index < -0.39 is 0 Å². The highest BCUT2D eigenvalue weighted by atomic mass is 16.2. The van der Waals surface area contributed by atoms with E-state index in [4.69, 9.17) is 0 Å². The van der Waals surface area contributed by atoms with Gasteiger partial charge in [-0.1, -0.05) is 13.8 Å². The van der Waals surface area contributed by atoms with Crippen molar-refractivity contribution in [1.82, 2.24) is 10.3 Å². The van der Waals surface area contributed by atoms with E-state index in [1.807, 2.05) is 51.7 Å². The Morgan fingerprint density at radius 2 is 2.00 bits per heavy atom. The molecule has 1 aromatic heterocycles. The summed E-state index contributed by atoms with van der Waals surface area (Å²) in [6.45, 7) is 12.1. The highest BCUT2D eigenvalue weighted by Crippen LogP contribution is 2.24. The van der Waals surface area contributed by atoms with Gasteiger partial charge >= 0.3 is 0 Å². The van der Waals surface area contributed by atoms with Crippen LogP contribution in [0.1, 0.15) is 33.4 Å². The van der Waals surface area contributed by atoms with Gasteiger partial charge in [-0.05, 0) is 32.9 Å². The minimum absolute atomic E-state index is 0.160. The topological polar surface area (TPSA) is 45.2 Å². The summed E-state index contributed by atoms with van der Waals surface area (Å²) in [6.07, 6.45) is 1.77. The Morgan fingerprint density at radius 3 is 2.58 bits per heavy atom. The van der Waals surface area contributed by atoms with E-state index in [1.54, 1.807) is 6.20 Å². The lowest BCUT2D eigenvalue weighted by Gasteiger charge is -2.28. The van der Waals surface area contributed by atoms with E-state index in [0.717, 1.165) is 24.5 Å². The Morgan fingerprint density at radius 1 is 1.32 bits per heavy atom. The van der Waals surface area contributed by atoms with Gasteiger partial charge in [0.2, 0.25) is 5.91 Å². The summed E-state index contributed by atoms with van der Waals surface area (Å²) in [5.41, 5.74) is 1.49. The molecule has 106 valence electrons. The first-order valence-corrected chi connectivity index (χ1v) is 6.96. The zero-order valence-electron chi connectivity index (χ0n) is 12.7. The van der Waals surface area contributed by atoms with Gasteiger partial charge in [0.1, 0.15) is 0 Å². The lowest BCUT2D eigenvalue weighted by molar-refractivity contribution is -0.125. The van der Waals surface area contributed by atoms with Crippen molar-refractivity contribution in [3.05, 3.63) is 24.0 Å². The van der Waals surface area contributed by atoms with Crippen molar-refractivity contribution < 1.29 is 4.79 Å². The van der Waals surface area contributed by atoms with E-state index >= 15 is 0 Å². The summed E-state index contributed by atoms with van der Waals surface area (Å²) in [4.78, 5) is 18.5. The second kappa shape index (κ2) is 6.66. The summed E-state index contributed by atoms with van der Waals surface area (Å²) < 4.78 is 0. The number of carbonyl (C=O) groups excluding carboxylic acids is 1. The number of rotatable bonds is 1. The summed E-state index contributed by atoms with van der Waals surface area (Å²) >= 11 is 0. The fraction of sp³-hybridized carbons (Fsp3) is 0.600. The highest BCUT2D eigenvalue weighted by Gasteiger charge is 2.34. The largest absolute Gasteiger partial charge is 0.314 e.